The molecule has 3 heterocycles. The molecule has 6 rings (SSSR count). The van der Waals surface area contributed by atoms with Gasteiger partial charge in [0, 0.05) is 42.8 Å². The van der Waals surface area contributed by atoms with Gasteiger partial charge in [-0.3, -0.25) is 4.79 Å². The zero-order valence-electron chi connectivity index (χ0n) is 16.9. The van der Waals surface area contributed by atoms with Gasteiger partial charge in [0.2, 0.25) is 5.91 Å². The number of hydrogen-bond donors (Lipinski definition) is 1. The second-order valence-corrected chi connectivity index (χ2v) is 8.41. The van der Waals surface area contributed by atoms with Crippen molar-refractivity contribution in [1.29, 1.82) is 0 Å². The Labute approximate surface area is 175 Å². The Bertz CT molecular complexity index is 1260. The molecule has 2 aliphatic rings. The normalized spacial score (nSPS) is 22.6. The molecule has 0 saturated carbocycles. The predicted molar refractivity (Wildman–Crippen MR) is 119 cm³/mol. The Morgan fingerprint density at radius 3 is 2.53 bits per heavy atom. The molecule has 1 aromatic heterocycles. The van der Waals surface area contributed by atoms with E-state index in [9.17, 15) is 4.79 Å². The number of carbonyl (C=O) groups is 1. The van der Waals surface area contributed by atoms with Gasteiger partial charge in [-0.2, -0.15) is 0 Å². The molecule has 1 amide bonds. The smallest absolute Gasteiger partial charge is 0.225 e. The number of carbonyl (C=O) groups excluding carboxylic acids is 1. The van der Waals surface area contributed by atoms with Gasteiger partial charge in [0.15, 0.2) is 0 Å². The average Bonchev–Trinajstić information content (AvgIpc) is 3.40. The van der Waals surface area contributed by atoms with Crippen LogP contribution in [0, 0.1) is 0 Å². The van der Waals surface area contributed by atoms with Gasteiger partial charge >= 0.3 is 0 Å². The van der Waals surface area contributed by atoms with E-state index in [0.29, 0.717) is 6.42 Å². The number of rotatable bonds is 3. The van der Waals surface area contributed by atoms with E-state index in [1.807, 2.05) is 24.1 Å². The van der Waals surface area contributed by atoms with Gasteiger partial charge in [0.05, 0.1) is 5.41 Å². The minimum Gasteiger partial charge on any atom is -0.361 e. The number of fused-ring (bicyclic) bond motifs is 4. The van der Waals surface area contributed by atoms with E-state index in [1.165, 1.54) is 27.8 Å². The second-order valence-electron chi connectivity index (χ2n) is 8.41. The molecule has 3 aromatic carbocycles. The van der Waals surface area contributed by atoms with Gasteiger partial charge in [-0.15, -0.1) is 0 Å². The Hall–Kier alpha value is -3.53. The molecule has 0 radical (unpaired) electrons. The minimum absolute atomic E-state index is 0.0539. The number of aromatic nitrogens is 1. The third kappa shape index (κ3) is 2.19. The van der Waals surface area contributed by atoms with Crippen LogP contribution in [0.15, 0.2) is 85.1 Å². The largest absolute Gasteiger partial charge is 0.361 e. The van der Waals surface area contributed by atoms with Crippen LogP contribution in [0.1, 0.15) is 23.1 Å². The summed E-state index contributed by atoms with van der Waals surface area (Å²) in [7, 11) is 1.95. The molecule has 4 aromatic rings. The van der Waals surface area contributed by atoms with Crippen LogP contribution in [0.4, 0.5) is 5.69 Å². The van der Waals surface area contributed by atoms with Crippen molar-refractivity contribution in [2.24, 2.45) is 0 Å². The van der Waals surface area contributed by atoms with E-state index < -0.39 is 5.41 Å². The number of hydrogen-bond acceptors (Lipinski definition) is 2. The lowest BCUT2D eigenvalue weighted by Crippen LogP contribution is -2.49. The highest BCUT2D eigenvalue weighted by Crippen LogP contribution is 2.57. The number of aromatic amines is 1. The van der Waals surface area contributed by atoms with Crippen LogP contribution in [-0.4, -0.2) is 29.0 Å². The van der Waals surface area contributed by atoms with Crippen molar-refractivity contribution in [3.8, 4) is 0 Å². The standard InChI is InChI=1S/C26H23N3O/c1-28-24(30)15-26(21-16-27-22-13-7-5-11-19(21)22)20-12-6-8-14-23(20)29(25(26)28)17-18-9-3-2-4-10-18/h2-14,16,25,27H,15,17H2,1H3/t25-,26+/m1/s1. The highest BCUT2D eigenvalue weighted by molar-refractivity contribution is 5.93. The van der Waals surface area contributed by atoms with Crippen molar-refractivity contribution < 1.29 is 4.79 Å². The third-order valence-corrected chi connectivity index (χ3v) is 6.89. The summed E-state index contributed by atoms with van der Waals surface area (Å²) in [5, 5.41) is 1.20. The van der Waals surface area contributed by atoms with E-state index in [0.717, 1.165) is 12.1 Å². The van der Waals surface area contributed by atoms with Crippen LogP contribution in [0.3, 0.4) is 0 Å². The number of benzene rings is 3. The summed E-state index contributed by atoms with van der Waals surface area (Å²) in [5.41, 5.74) is 5.64. The van der Waals surface area contributed by atoms with Crippen molar-refractivity contribution in [3.63, 3.8) is 0 Å². The van der Waals surface area contributed by atoms with Crippen molar-refractivity contribution in [2.45, 2.75) is 24.5 Å². The number of para-hydroxylation sites is 2. The van der Waals surface area contributed by atoms with Crippen LogP contribution >= 0.6 is 0 Å². The molecule has 0 spiro atoms. The molecule has 0 aliphatic carbocycles. The first-order chi connectivity index (χ1) is 14.7. The van der Waals surface area contributed by atoms with Crippen molar-refractivity contribution in [3.05, 3.63) is 102 Å². The molecular weight excluding hydrogens is 370 g/mol. The van der Waals surface area contributed by atoms with Gasteiger partial charge in [0.1, 0.15) is 6.17 Å². The molecule has 0 unspecified atom stereocenters. The van der Waals surface area contributed by atoms with E-state index in [2.05, 4.69) is 82.8 Å². The van der Waals surface area contributed by atoms with Gasteiger partial charge in [-0.1, -0.05) is 66.7 Å². The molecule has 30 heavy (non-hydrogen) atoms. The first kappa shape index (κ1) is 17.3. The maximum Gasteiger partial charge on any atom is 0.225 e. The number of nitrogens with one attached hydrogen (secondary N) is 1. The van der Waals surface area contributed by atoms with Crippen molar-refractivity contribution >= 4 is 22.5 Å². The lowest BCUT2D eigenvalue weighted by Gasteiger charge is -2.36. The number of amides is 1. The van der Waals surface area contributed by atoms with Crippen LogP contribution in [0.25, 0.3) is 10.9 Å². The number of nitrogens with zero attached hydrogens (tertiary/aromatic N) is 2. The van der Waals surface area contributed by atoms with Crippen molar-refractivity contribution in [2.75, 3.05) is 11.9 Å². The molecule has 1 fully saturated rings. The van der Waals surface area contributed by atoms with Crippen LogP contribution in [-0.2, 0) is 16.8 Å². The first-order valence-corrected chi connectivity index (χ1v) is 10.4. The van der Waals surface area contributed by atoms with E-state index >= 15 is 0 Å². The highest BCUT2D eigenvalue weighted by Gasteiger charge is 2.60. The fourth-order valence-electron chi connectivity index (χ4n) is 5.64. The van der Waals surface area contributed by atoms with Crippen LogP contribution in [0.2, 0.25) is 0 Å². The molecule has 148 valence electrons. The van der Waals surface area contributed by atoms with E-state index in [4.69, 9.17) is 0 Å². The molecule has 1 saturated heterocycles. The highest BCUT2D eigenvalue weighted by atomic mass is 16.2. The monoisotopic (exact) mass is 393 g/mol. The summed E-state index contributed by atoms with van der Waals surface area (Å²) in [6, 6.07) is 27.5. The number of H-pyrrole nitrogens is 1. The van der Waals surface area contributed by atoms with E-state index in [1.54, 1.807) is 0 Å². The molecule has 4 nitrogen and oxygen atoms in total. The van der Waals surface area contributed by atoms with Gasteiger partial charge in [-0.05, 0) is 28.8 Å². The molecule has 1 N–H and O–H groups in total. The summed E-state index contributed by atoms with van der Waals surface area (Å²) in [6.45, 7) is 0.768. The third-order valence-electron chi connectivity index (χ3n) is 6.89. The fourth-order valence-corrected chi connectivity index (χ4v) is 5.64. The summed E-state index contributed by atoms with van der Waals surface area (Å²) >= 11 is 0. The molecular formula is C26H23N3O. The molecule has 2 aliphatic heterocycles. The number of anilines is 1. The van der Waals surface area contributed by atoms with Gasteiger partial charge < -0.3 is 14.8 Å². The summed E-state index contributed by atoms with van der Waals surface area (Å²) in [6.07, 6.45) is 2.55. The number of likely N-dealkylation sites (tertiary alicyclic amines) is 1. The number of likely N-dealkylation sites (N-methyl/N-ethyl adjacent to an activating group) is 1. The lowest BCUT2D eigenvalue weighted by atomic mass is 9.73. The van der Waals surface area contributed by atoms with Crippen LogP contribution in [0.5, 0.6) is 0 Å². The first-order valence-electron chi connectivity index (χ1n) is 10.4. The molecule has 4 heteroatoms. The second kappa shape index (κ2) is 6.23. The maximum absolute atomic E-state index is 13.1. The van der Waals surface area contributed by atoms with Gasteiger partial charge in [-0.25, -0.2) is 0 Å². The van der Waals surface area contributed by atoms with E-state index in [-0.39, 0.29) is 12.1 Å². The zero-order valence-corrected chi connectivity index (χ0v) is 16.9. The molecule has 0 bridgehead atoms. The Morgan fingerprint density at radius 2 is 1.67 bits per heavy atom. The SMILES string of the molecule is CN1C(=O)C[C@@]2(c3c[nH]c4ccccc34)c3ccccc3N(Cc3ccccc3)[C@@H]12. The Balaban J connectivity index is 1.61. The predicted octanol–water partition coefficient (Wildman–Crippen LogP) is 4.66. The average molecular weight is 393 g/mol. The maximum atomic E-state index is 13.1. The lowest BCUT2D eigenvalue weighted by molar-refractivity contribution is -0.127. The Morgan fingerprint density at radius 1 is 0.933 bits per heavy atom. The van der Waals surface area contributed by atoms with Crippen LogP contribution < -0.4 is 4.90 Å². The summed E-state index contributed by atoms with van der Waals surface area (Å²) in [4.78, 5) is 20.9. The van der Waals surface area contributed by atoms with Crippen molar-refractivity contribution in [1.82, 2.24) is 9.88 Å². The quantitative estimate of drug-likeness (QED) is 0.550. The molecule has 2 atom stereocenters. The topological polar surface area (TPSA) is 39.3 Å². The summed E-state index contributed by atoms with van der Waals surface area (Å²) in [5.74, 6) is 0.192. The van der Waals surface area contributed by atoms with Gasteiger partial charge in [0.25, 0.3) is 0 Å². The summed E-state index contributed by atoms with van der Waals surface area (Å²) < 4.78 is 0. The fraction of sp³-hybridized carbons (Fsp3) is 0.192. The Kier molecular flexibility index (Phi) is 3.60. The minimum atomic E-state index is -0.392. The zero-order chi connectivity index (χ0) is 20.3.